The number of hydrogen-bond acceptors (Lipinski definition) is 2. The Morgan fingerprint density at radius 3 is 2.61 bits per heavy atom. The summed E-state index contributed by atoms with van der Waals surface area (Å²) in [6.45, 7) is 4.29. The van der Waals surface area contributed by atoms with E-state index in [4.69, 9.17) is 0 Å². The van der Waals surface area contributed by atoms with E-state index in [0.29, 0.717) is 5.92 Å². The molecule has 1 atom stereocenters. The summed E-state index contributed by atoms with van der Waals surface area (Å²) in [6, 6.07) is 2.07. The predicted molar refractivity (Wildman–Crippen MR) is 74.3 cm³/mol. The van der Waals surface area contributed by atoms with E-state index in [0.717, 1.165) is 17.0 Å². The summed E-state index contributed by atoms with van der Waals surface area (Å²) < 4.78 is 0. The second-order valence-electron chi connectivity index (χ2n) is 5.81. The first kappa shape index (κ1) is 13.5. The van der Waals surface area contributed by atoms with Crippen molar-refractivity contribution in [3.63, 3.8) is 0 Å². The fourth-order valence-electron chi connectivity index (χ4n) is 3.21. The lowest BCUT2D eigenvalue weighted by Gasteiger charge is -2.31. The maximum absolute atomic E-state index is 10.4. The Hall–Kier alpha value is -0.890. The van der Waals surface area contributed by atoms with Crippen molar-refractivity contribution < 1.29 is 5.11 Å². The van der Waals surface area contributed by atoms with Gasteiger partial charge in [0.05, 0.1) is 6.10 Å². The van der Waals surface area contributed by atoms with Crippen molar-refractivity contribution in [1.29, 1.82) is 0 Å². The molecule has 1 aliphatic rings. The maximum Gasteiger partial charge on any atom is 0.0833 e. The minimum Gasteiger partial charge on any atom is -0.388 e. The van der Waals surface area contributed by atoms with Gasteiger partial charge >= 0.3 is 0 Å². The van der Waals surface area contributed by atoms with Crippen molar-refractivity contribution in [3.05, 3.63) is 29.6 Å². The van der Waals surface area contributed by atoms with E-state index in [9.17, 15) is 5.11 Å². The molecule has 18 heavy (non-hydrogen) atoms. The maximum atomic E-state index is 10.4. The van der Waals surface area contributed by atoms with Gasteiger partial charge in [-0.25, -0.2) is 0 Å². The Bertz CT molecular complexity index is 369. The Morgan fingerprint density at radius 2 is 2.00 bits per heavy atom. The summed E-state index contributed by atoms with van der Waals surface area (Å²) in [5.41, 5.74) is 2.13. The fraction of sp³-hybridized carbons (Fsp3) is 0.688. The third kappa shape index (κ3) is 3.32. The summed E-state index contributed by atoms with van der Waals surface area (Å²) in [5.74, 6) is 1.33. The van der Waals surface area contributed by atoms with E-state index in [1.807, 2.05) is 19.3 Å². The van der Waals surface area contributed by atoms with Crippen molar-refractivity contribution in [1.82, 2.24) is 4.98 Å². The summed E-state index contributed by atoms with van der Waals surface area (Å²) in [4.78, 5) is 4.18. The standard InChI is InChI=1S/C16H25NO/c1-3-4-13-5-7-14(8-6-13)16(18)15-9-12(2)10-17-11-15/h9-11,13-14,16,18H,3-8H2,1-2H3. The highest BCUT2D eigenvalue weighted by atomic mass is 16.3. The number of hydrogen-bond donors (Lipinski definition) is 1. The summed E-state index contributed by atoms with van der Waals surface area (Å²) in [5, 5.41) is 10.4. The van der Waals surface area contributed by atoms with E-state index < -0.39 is 0 Å². The minimum atomic E-state index is -0.319. The molecule has 1 aromatic heterocycles. The Kier molecular flexibility index (Phi) is 4.76. The SMILES string of the molecule is CCCC1CCC(C(O)c2cncc(C)c2)CC1. The third-order valence-electron chi connectivity index (χ3n) is 4.27. The molecule has 0 aromatic carbocycles. The lowest BCUT2D eigenvalue weighted by Crippen LogP contribution is -2.20. The number of aryl methyl sites for hydroxylation is 1. The molecule has 0 spiro atoms. The number of aliphatic hydroxyl groups excluding tert-OH is 1. The first-order valence-corrected chi connectivity index (χ1v) is 7.30. The topological polar surface area (TPSA) is 33.1 Å². The van der Waals surface area contributed by atoms with E-state index in [2.05, 4.69) is 18.0 Å². The van der Waals surface area contributed by atoms with Crippen molar-refractivity contribution in [2.45, 2.75) is 58.5 Å². The van der Waals surface area contributed by atoms with E-state index in [1.54, 1.807) is 0 Å². The quantitative estimate of drug-likeness (QED) is 0.871. The molecular formula is C16H25NO. The van der Waals surface area contributed by atoms with Crippen molar-refractivity contribution in [2.24, 2.45) is 11.8 Å². The van der Waals surface area contributed by atoms with Gasteiger partial charge in [0.1, 0.15) is 0 Å². The van der Waals surface area contributed by atoms with Gasteiger partial charge in [-0.05, 0) is 42.7 Å². The first-order chi connectivity index (χ1) is 8.70. The molecule has 1 heterocycles. The van der Waals surface area contributed by atoms with Crippen LogP contribution in [-0.4, -0.2) is 10.1 Å². The van der Waals surface area contributed by atoms with Gasteiger partial charge in [-0.1, -0.05) is 38.7 Å². The average molecular weight is 247 g/mol. The number of pyridine rings is 1. The zero-order chi connectivity index (χ0) is 13.0. The molecule has 1 fully saturated rings. The smallest absolute Gasteiger partial charge is 0.0833 e. The minimum absolute atomic E-state index is 0.319. The number of nitrogens with zero attached hydrogens (tertiary/aromatic N) is 1. The molecule has 2 rings (SSSR count). The van der Waals surface area contributed by atoms with Gasteiger partial charge in [0.15, 0.2) is 0 Å². The molecule has 2 heteroatoms. The number of aliphatic hydroxyl groups is 1. The van der Waals surface area contributed by atoms with Crippen LogP contribution in [-0.2, 0) is 0 Å². The van der Waals surface area contributed by atoms with E-state index in [1.165, 1.54) is 38.5 Å². The Labute approximate surface area is 110 Å². The van der Waals surface area contributed by atoms with Crippen LogP contribution in [0.15, 0.2) is 18.5 Å². The summed E-state index contributed by atoms with van der Waals surface area (Å²) in [6.07, 6.45) is 10.9. The van der Waals surface area contributed by atoms with Crippen molar-refractivity contribution >= 4 is 0 Å². The lowest BCUT2D eigenvalue weighted by atomic mass is 9.76. The molecule has 1 aromatic rings. The van der Waals surface area contributed by atoms with Crippen LogP contribution >= 0.6 is 0 Å². The van der Waals surface area contributed by atoms with Crippen LogP contribution in [0.1, 0.15) is 62.7 Å². The third-order valence-corrected chi connectivity index (χ3v) is 4.27. The van der Waals surface area contributed by atoms with Gasteiger partial charge < -0.3 is 5.11 Å². The average Bonchev–Trinajstić information content (AvgIpc) is 2.39. The molecule has 0 aliphatic heterocycles. The molecule has 1 N–H and O–H groups in total. The molecular weight excluding hydrogens is 222 g/mol. The first-order valence-electron chi connectivity index (χ1n) is 7.30. The second-order valence-corrected chi connectivity index (χ2v) is 5.81. The van der Waals surface area contributed by atoms with Gasteiger partial charge in [0.25, 0.3) is 0 Å². The molecule has 1 unspecified atom stereocenters. The van der Waals surface area contributed by atoms with Gasteiger partial charge in [-0.15, -0.1) is 0 Å². The van der Waals surface area contributed by atoms with Gasteiger partial charge in [-0.3, -0.25) is 4.98 Å². The van der Waals surface area contributed by atoms with Gasteiger partial charge in [0, 0.05) is 12.4 Å². The molecule has 2 nitrogen and oxygen atoms in total. The van der Waals surface area contributed by atoms with Crippen molar-refractivity contribution in [3.8, 4) is 0 Å². The highest BCUT2D eigenvalue weighted by Gasteiger charge is 2.27. The molecule has 0 bridgehead atoms. The molecule has 0 amide bonds. The van der Waals surface area contributed by atoms with Crippen LogP contribution in [0.3, 0.4) is 0 Å². The number of aromatic nitrogens is 1. The predicted octanol–water partition coefficient (Wildman–Crippen LogP) is 4.03. The molecule has 1 saturated carbocycles. The zero-order valence-electron chi connectivity index (χ0n) is 11.6. The summed E-state index contributed by atoms with van der Waals surface area (Å²) >= 11 is 0. The molecule has 0 radical (unpaired) electrons. The van der Waals surface area contributed by atoms with Gasteiger partial charge in [-0.2, -0.15) is 0 Å². The van der Waals surface area contributed by atoms with Crippen molar-refractivity contribution in [2.75, 3.05) is 0 Å². The van der Waals surface area contributed by atoms with Crippen LogP contribution in [0.25, 0.3) is 0 Å². The van der Waals surface area contributed by atoms with Crippen LogP contribution in [0.5, 0.6) is 0 Å². The zero-order valence-corrected chi connectivity index (χ0v) is 11.6. The normalized spacial score (nSPS) is 25.9. The highest BCUT2D eigenvalue weighted by Crippen LogP contribution is 2.38. The Balaban J connectivity index is 1.93. The molecule has 0 saturated heterocycles. The Morgan fingerprint density at radius 1 is 1.28 bits per heavy atom. The monoisotopic (exact) mass is 247 g/mol. The van der Waals surface area contributed by atoms with E-state index >= 15 is 0 Å². The van der Waals surface area contributed by atoms with Crippen LogP contribution in [0, 0.1) is 18.8 Å². The van der Waals surface area contributed by atoms with Crippen LogP contribution < -0.4 is 0 Å². The lowest BCUT2D eigenvalue weighted by molar-refractivity contribution is 0.0719. The van der Waals surface area contributed by atoms with Gasteiger partial charge in [0.2, 0.25) is 0 Å². The van der Waals surface area contributed by atoms with Crippen LogP contribution in [0.2, 0.25) is 0 Å². The molecule has 100 valence electrons. The highest BCUT2D eigenvalue weighted by molar-refractivity contribution is 5.19. The van der Waals surface area contributed by atoms with Crippen LogP contribution in [0.4, 0.5) is 0 Å². The fourth-order valence-corrected chi connectivity index (χ4v) is 3.21. The summed E-state index contributed by atoms with van der Waals surface area (Å²) in [7, 11) is 0. The number of rotatable bonds is 4. The molecule has 1 aliphatic carbocycles. The largest absolute Gasteiger partial charge is 0.388 e. The van der Waals surface area contributed by atoms with E-state index in [-0.39, 0.29) is 6.10 Å². The second kappa shape index (κ2) is 6.33.